The average Bonchev–Trinajstić information content (AvgIpc) is 2.16. The van der Waals surface area contributed by atoms with E-state index in [4.69, 9.17) is 5.84 Å². The first-order valence-corrected chi connectivity index (χ1v) is 4.90. The molecule has 0 heterocycles. The first kappa shape index (κ1) is 11.2. The zero-order valence-corrected chi connectivity index (χ0v) is 8.72. The van der Waals surface area contributed by atoms with Crippen LogP contribution in [0.2, 0.25) is 0 Å². The van der Waals surface area contributed by atoms with Crippen molar-refractivity contribution >= 4 is 21.6 Å². The van der Waals surface area contributed by atoms with Crippen LogP contribution in [-0.2, 0) is 5.33 Å². The maximum absolute atomic E-state index is 11.9. The van der Waals surface area contributed by atoms with Gasteiger partial charge in [0, 0.05) is 11.4 Å². The van der Waals surface area contributed by atoms with Crippen LogP contribution in [0.3, 0.4) is 0 Å². The van der Waals surface area contributed by atoms with E-state index in [1.54, 1.807) is 6.07 Å². The minimum absolute atomic E-state index is 0.0812. The average molecular weight is 267 g/mol. The Bertz CT molecular complexity index is 309. The molecular formula is C8H9BrF2N2O. The Morgan fingerprint density at radius 1 is 1.50 bits per heavy atom. The van der Waals surface area contributed by atoms with Crippen molar-refractivity contribution in [3.63, 3.8) is 0 Å². The molecule has 1 rings (SSSR count). The third-order valence-electron chi connectivity index (χ3n) is 1.61. The van der Waals surface area contributed by atoms with Gasteiger partial charge in [-0.2, -0.15) is 8.78 Å². The van der Waals surface area contributed by atoms with Crippen molar-refractivity contribution < 1.29 is 13.5 Å². The number of hydrazine groups is 1. The van der Waals surface area contributed by atoms with Gasteiger partial charge < -0.3 is 10.2 Å². The Hall–Kier alpha value is -0.880. The van der Waals surface area contributed by atoms with E-state index in [0.717, 1.165) is 5.56 Å². The largest absolute Gasteiger partial charge is 0.435 e. The summed E-state index contributed by atoms with van der Waals surface area (Å²) in [6.45, 7) is -2.82. The van der Waals surface area contributed by atoms with E-state index in [1.165, 1.54) is 12.1 Å². The zero-order valence-electron chi connectivity index (χ0n) is 7.14. The zero-order chi connectivity index (χ0) is 10.6. The van der Waals surface area contributed by atoms with Crippen molar-refractivity contribution in [2.75, 3.05) is 5.43 Å². The lowest BCUT2D eigenvalue weighted by Crippen LogP contribution is -2.09. The summed E-state index contributed by atoms with van der Waals surface area (Å²) < 4.78 is 27.9. The van der Waals surface area contributed by atoms with Crippen LogP contribution in [-0.4, -0.2) is 6.61 Å². The Labute approximate surface area is 88.3 Å². The summed E-state index contributed by atoms with van der Waals surface area (Å²) in [4.78, 5) is 0. The summed E-state index contributed by atoms with van der Waals surface area (Å²) in [5.41, 5.74) is 3.83. The maximum atomic E-state index is 11.9. The molecule has 0 radical (unpaired) electrons. The van der Waals surface area contributed by atoms with Crippen LogP contribution in [0.1, 0.15) is 5.56 Å². The van der Waals surface area contributed by atoms with Gasteiger partial charge in [-0.15, -0.1) is 0 Å². The Kier molecular flexibility index (Phi) is 4.09. The second-order valence-electron chi connectivity index (χ2n) is 2.48. The fraction of sp³-hybridized carbons (Fsp3) is 0.250. The summed E-state index contributed by atoms with van der Waals surface area (Å²) in [7, 11) is 0. The number of benzene rings is 1. The molecule has 0 aliphatic rings. The molecule has 0 aliphatic carbocycles. The second-order valence-corrected chi connectivity index (χ2v) is 3.04. The first-order valence-electron chi connectivity index (χ1n) is 3.77. The molecule has 1 aromatic rings. The molecule has 0 amide bonds. The van der Waals surface area contributed by atoms with Gasteiger partial charge >= 0.3 is 6.61 Å². The second kappa shape index (κ2) is 5.11. The van der Waals surface area contributed by atoms with E-state index in [2.05, 4.69) is 26.1 Å². The van der Waals surface area contributed by atoms with Crippen molar-refractivity contribution in [3.05, 3.63) is 23.8 Å². The number of rotatable bonds is 4. The molecule has 0 aliphatic heterocycles. The standard InChI is InChI=1S/C8H9BrF2N2O/c9-4-5-1-2-6(14-8(10)11)3-7(5)13-12/h1-3,8,13H,4,12H2. The quantitative estimate of drug-likeness (QED) is 0.500. The highest BCUT2D eigenvalue weighted by molar-refractivity contribution is 9.08. The van der Waals surface area contributed by atoms with Crippen molar-refractivity contribution in [3.8, 4) is 5.75 Å². The van der Waals surface area contributed by atoms with E-state index in [-0.39, 0.29) is 5.75 Å². The molecule has 14 heavy (non-hydrogen) atoms. The van der Waals surface area contributed by atoms with Gasteiger partial charge in [-0.25, -0.2) is 0 Å². The molecule has 0 spiro atoms. The predicted octanol–water partition coefficient (Wildman–Crippen LogP) is 2.47. The van der Waals surface area contributed by atoms with E-state index >= 15 is 0 Å². The summed E-state index contributed by atoms with van der Waals surface area (Å²) in [5, 5.41) is 0.585. The highest BCUT2D eigenvalue weighted by atomic mass is 79.9. The van der Waals surface area contributed by atoms with Crippen molar-refractivity contribution in [1.29, 1.82) is 0 Å². The van der Waals surface area contributed by atoms with Gasteiger partial charge in [0.1, 0.15) is 5.75 Å². The first-order chi connectivity index (χ1) is 6.67. The van der Waals surface area contributed by atoms with Gasteiger partial charge in [-0.3, -0.25) is 5.84 Å². The molecular weight excluding hydrogens is 258 g/mol. The van der Waals surface area contributed by atoms with Crippen LogP contribution in [0.25, 0.3) is 0 Å². The molecule has 0 aromatic heterocycles. The third kappa shape index (κ3) is 2.81. The predicted molar refractivity (Wildman–Crippen MR) is 53.5 cm³/mol. The van der Waals surface area contributed by atoms with Gasteiger partial charge in [0.2, 0.25) is 0 Å². The van der Waals surface area contributed by atoms with E-state index in [0.29, 0.717) is 11.0 Å². The lowest BCUT2D eigenvalue weighted by atomic mass is 10.2. The van der Waals surface area contributed by atoms with E-state index < -0.39 is 6.61 Å². The Balaban J connectivity index is 2.89. The molecule has 0 saturated carbocycles. The molecule has 6 heteroatoms. The number of hydrogen-bond donors (Lipinski definition) is 2. The normalized spacial score (nSPS) is 10.4. The van der Waals surface area contributed by atoms with Gasteiger partial charge in [0.05, 0.1) is 5.69 Å². The topological polar surface area (TPSA) is 47.3 Å². The summed E-state index contributed by atoms with van der Waals surface area (Å²) in [5.74, 6) is 5.29. The fourth-order valence-electron chi connectivity index (χ4n) is 0.983. The van der Waals surface area contributed by atoms with Gasteiger partial charge in [0.15, 0.2) is 0 Å². The maximum Gasteiger partial charge on any atom is 0.387 e. The monoisotopic (exact) mass is 266 g/mol. The van der Waals surface area contributed by atoms with Gasteiger partial charge in [-0.1, -0.05) is 22.0 Å². The fourth-order valence-corrected chi connectivity index (χ4v) is 1.47. The molecule has 3 N–H and O–H groups in total. The number of nitrogen functional groups attached to an aromatic ring is 1. The molecule has 0 fully saturated rings. The van der Waals surface area contributed by atoms with Crippen LogP contribution < -0.4 is 16.0 Å². The van der Waals surface area contributed by atoms with Gasteiger partial charge in [0.25, 0.3) is 0 Å². The number of alkyl halides is 3. The minimum Gasteiger partial charge on any atom is -0.435 e. The highest BCUT2D eigenvalue weighted by Crippen LogP contribution is 2.24. The lowest BCUT2D eigenvalue weighted by molar-refractivity contribution is -0.0498. The van der Waals surface area contributed by atoms with Crippen LogP contribution in [0, 0.1) is 0 Å². The molecule has 0 unspecified atom stereocenters. The van der Waals surface area contributed by atoms with Crippen LogP contribution in [0.5, 0.6) is 5.75 Å². The molecule has 0 bridgehead atoms. The van der Waals surface area contributed by atoms with E-state index in [1.807, 2.05) is 0 Å². The van der Waals surface area contributed by atoms with Crippen LogP contribution in [0.15, 0.2) is 18.2 Å². The van der Waals surface area contributed by atoms with Crippen molar-refractivity contribution in [2.45, 2.75) is 11.9 Å². The number of nitrogens with one attached hydrogen (secondary N) is 1. The molecule has 78 valence electrons. The molecule has 1 aromatic carbocycles. The SMILES string of the molecule is NNc1cc(OC(F)F)ccc1CBr. The summed E-state index contributed by atoms with van der Waals surface area (Å²) >= 11 is 3.24. The molecule has 0 atom stereocenters. The smallest absolute Gasteiger partial charge is 0.387 e. The minimum atomic E-state index is -2.82. The molecule has 0 saturated heterocycles. The number of hydrogen-bond acceptors (Lipinski definition) is 3. The Morgan fingerprint density at radius 2 is 2.21 bits per heavy atom. The summed E-state index contributed by atoms with van der Waals surface area (Å²) in [6.07, 6.45) is 0. The van der Waals surface area contributed by atoms with E-state index in [9.17, 15) is 8.78 Å². The molecule has 3 nitrogen and oxygen atoms in total. The van der Waals surface area contributed by atoms with Crippen molar-refractivity contribution in [1.82, 2.24) is 0 Å². The van der Waals surface area contributed by atoms with Crippen LogP contribution in [0.4, 0.5) is 14.5 Å². The number of anilines is 1. The van der Waals surface area contributed by atoms with Crippen LogP contribution >= 0.6 is 15.9 Å². The summed E-state index contributed by atoms with van der Waals surface area (Å²) in [6, 6.07) is 4.54. The highest BCUT2D eigenvalue weighted by Gasteiger charge is 2.06. The number of halogens is 3. The third-order valence-corrected chi connectivity index (χ3v) is 2.21. The number of nitrogens with two attached hydrogens (primary N) is 1. The van der Waals surface area contributed by atoms with Crippen molar-refractivity contribution in [2.24, 2.45) is 5.84 Å². The van der Waals surface area contributed by atoms with Gasteiger partial charge in [-0.05, 0) is 11.6 Å². The lowest BCUT2D eigenvalue weighted by Gasteiger charge is -2.09. The number of ether oxygens (including phenoxy) is 1. The Morgan fingerprint density at radius 3 is 2.71 bits per heavy atom.